The molecule has 1 atom stereocenters. The molecule has 0 saturated heterocycles. The molecule has 0 aliphatic heterocycles. The highest BCUT2D eigenvalue weighted by molar-refractivity contribution is 9.10. The molecule has 2 amide bonds. The Balaban J connectivity index is 1.66. The van der Waals surface area contributed by atoms with Gasteiger partial charge >= 0.3 is 0 Å². The lowest BCUT2D eigenvalue weighted by molar-refractivity contribution is -0.139. The molecular formula is C29H31BrFN3O4S. The molecule has 1 aliphatic rings. The highest BCUT2D eigenvalue weighted by Crippen LogP contribution is 2.25. The lowest BCUT2D eigenvalue weighted by Crippen LogP contribution is -2.52. The summed E-state index contributed by atoms with van der Waals surface area (Å²) in [6.07, 6.45) is 3.88. The third kappa shape index (κ3) is 7.24. The van der Waals surface area contributed by atoms with Crippen LogP contribution < -0.4 is 9.62 Å². The van der Waals surface area contributed by atoms with Crippen molar-refractivity contribution in [3.63, 3.8) is 0 Å². The lowest BCUT2D eigenvalue weighted by Gasteiger charge is -2.32. The average molecular weight is 617 g/mol. The minimum Gasteiger partial charge on any atom is -0.352 e. The van der Waals surface area contributed by atoms with Crippen molar-refractivity contribution in [2.45, 2.75) is 56.1 Å². The maximum absolute atomic E-state index is 13.9. The third-order valence-electron chi connectivity index (χ3n) is 6.86. The molecule has 0 aromatic heterocycles. The number of nitrogens with one attached hydrogen (secondary N) is 1. The van der Waals surface area contributed by atoms with E-state index < -0.39 is 34.3 Å². The number of nitrogens with zero attached hydrogens (tertiary/aromatic N) is 2. The van der Waals surface area contributed by atoms with Gasteiger partial charge in [0.25, 0.3) is 10.0 Å². The fourth-order valence-electron chi connectivity index (χ4n) is 4.62. The molecule has 4 rings (SSSR count). The number of anilines is 1. The average Bonchev–Trinajstić information content (AvgIpc) is 3.45. The summed E-state index contributed by atoms with van der Waals surface area (Å²) in [5.74, 6) is -1.38. The van der Waals surface area contributed by atoms with Crippen LogP contribution in [0.5, 0.6) is 0 Å². The van der Waals surface area contributed by atoms with E-state index in [1.807, 2.05) is 24.3 Å². The number of halogens is 2. The van der Waals surface area contributed by atoms with E-state index in [-0.39, 0.29) is 29.1 Å². The van der Waals surface area contributed by atoms with Gasteiger partial charge in [-0.1, -0.05) is 59.1 Å². The first-order valence-electron chi connectivity index (χ1n) is 12.8. The zero-order valence-corrected chi connectivity index (χ0v) is 24.0. The van der Waals surface area contributed by atoms with Crippen LogP contribution in [-0.4, -0.2) is 43.8 Å². The zero-order chi connectivity index (χ0) is 28.0. The predicted octanol–water partition coefficient (Wildman–Crippen LogP) is 5.26. The number of carbonyl (C=O) groups is 2. The minimum atomic E-state index is -4.18. The van der Waals surface area contributed by atoms with E-state index in [0.717, 1.165) is 52.2 Å². The quantitative estimate of drug-likeness (QED) is 0.337. The second kappa shape index (κ2) is 12.7. The molecule has 10 heteroatoms. The summed E-state index contributed by atoms with van der Waals surface area (Å²) in [6, 6.07) is 19.2. The van der Waals surface area contributed by atoms with Crippen LogP contribution in [0.15, 0.2) is 88.2 Å². The van der Waals surface area contributed by atoms with Crippen LogP contribution in [0.2, 0.25) is 0 Å². The van der Waals surface area contributed by atoms with Crippen LogP contribution in [0.25, 0.3) is 0 Å². The second-order valence-electron chi connectivity index (χ2n) is 9.62. The molecule has 3 aromatic rings. The number of amides is 2. The molecule has 0 unspecified atom stereocenters. The Kier molecular flexibility index (Phi) is 9.40. The summed E-state index contributed by atoms with van der Waals surface area (Å²) in [4.78, 5) is 28.5. The van der Waals surface area contributed by atoms with Crippen LogP contribution in [-0.2, 0) is 26.2 Å². The molecule has 3 aromatic carbocycles. The Morgan fingerprint density at radius 3 is 2.21 bits per heavy atom. The van der Waals surface area contributed by atoms with Gasteiger partial charge in [-0.3, -0.25) is 13.9 Å². The van der Waals surface area contributed by atoms with Gasteiger partial charge in [-0.05, 0) is 73.9 Å². The smallest absolute Gasteiger partial charge is 0.264 e. The van der Waals surface area contributed by atoms with Crippen LogP contribution in [0.4, 0.5) is 10.1 Å². The summed E-state index contributed by atoms with van der Waals surface area (Å²) < 4.78 is 42.9. The van der Waals surface area contributed by atoms with Crippen LogP contribution in [0.1, 0.15) is 38.2 Å². The molecule has 0 heterocycles. The van der Waals surface area contributed by atoms with Crippen molar-refractivity contribution in [1.82, 2.24) is 10.2 Å². The molecule has 39 heavy (non-hydrogen) atoms. The van der Waals surface area contributed by atoms with Crippen molar-refractivity contribution < 1.29 is 22.4 Å². The predicted molar refractivity (Wildman–Crippen MR) is 152 cm³/mol. The van der Waals surface area contributed by atoms with Crippen molar-refractivity contribution in [2.24, 2.45) is 0 Å². The fraction of sp³-hybridized carbons (Fsp3) is 0.310. The van der Waals surface area contributed by atoms with Crippen LogP contribution in [0, 0.1) is 5.82 Å². The van der Waals surface area contributed by atoms with E-state index in [0.29, 0.717) is 0 Å². The summed E-state index contributed by atoms with van der Waals surface area (Å²) in [5.41, 5.74) is 0.923. The number of carbonyl (C=O) groups excluding carboxylic acids is 2. The molecule has 1 saturated carbocycles. The number of rotatable bonds is 10. The fourth-order valence-corrected chi connectivity index (χ4v) is 6.32. The Morgan fingerprint density at radius 2 is 1.59 bits per heavy atom. The van der Waals surface area contributed by atoms with Gasteiger partial charge in [0.15, 0.2) is 0 Å². The first-order valence-corrected chi connectivity index (χ1v) is 15.1. The molecule has 1 N–H and O–H groups in total. The molecule has 7 nitrogen and oxygen atoms in total. The molecule has 0 spiro atoms. The van der Waals surface area contributed by atoms with Crippen molar-refractivity contribution in [3.8, 4) is 0 Å². The SMILES string of the molecule is C[C@@H](C(=O)NC1CCCC1)N(Cc1ccc(Br)cc1)C(=O)CN(c1ccc(F)cc1)S(=O)(=O)c1ccccc1. The summed E-state index contributed by atoms with van der Waals surface area (Å²) in [5, 5.41) is 3.04. The van der Waals surface area contributed by atoms with E-state index in [1.165, 1.54) is 29.2 Å². The molecule has 206 valence electrons. The highest BCUT2D eigenvalue weighted by atomic mass is 79.9. The van der Waals surface area contributed by atoms with Gasteiger partial charge in [-0.2, -0.15) is 0 Å². The van der Waals surface area contributed by atoms with Gasteiger partial charge in [-0.25, -0.2) is 12.8 Å². The maximum Gasteiger partial charge on any atom is 0.264 e. The first-order chi connectivity index (χ1) is 18.6. The van der Waals surface area contributed by atoms with Crippen molar-refractivity contribution in [2.75, 3.05) is 10.8 Å². The first kappa shape index (κ1) is 28.8. The van der Waals surface area contributed by atoms with E-state index in [1.54, 1.807) is 25.1 Å². The number of hydrogen-bond acceptors (Lipinski definition) is 4. The zero-order valence-electron chi connectivity index (χ0n) is 21.6. The number of benzene rings is 3. The van der Waals surface area contributed by atoms with E-state index in [4.69, 9.17) is 0 Å². The standard InChI is InChI=1S/C29H31BrFN3O4S/c1-21(29(36)32-25-7-5-6-8-25)33(19-22-11-13-23(30)14-12-22)28(35)20-34(26-17-15-24(31)16-18-26)39(37,38)27-9-3-2-4-10-27/h2-4,9-18,21,25H,5-8,19-20H2,1H3,(H,32,36)/t21-/m0/s1. The van der Waals surface area contributed by atoms with Gasteiger partial charge in [-0.15, -0.1) is 0 Å². The molecule has 1 aliphatic carbocycles. The van der Waals surface area contributed by atoms with Crippen molar-refractivity contribution in [1.29, 1.82) is 0 Å². The monoisotopic (exact) mass is 615 g/mol. The van der Waals surface area contributed by atoms with Gasteiger partial charge in [0, 0.05) is 17.1 Å². The minimum absolute atomic E-state index is 0.00592. The Labute approximate surface area is 237 Å². The Bertz CT molecular complexity index is 1380. The van der Waals surface area contributed by atoms with Gasteiger partial charge < -0.3 is 10.2 Å². The molecule has 0 bridgehead atoms. The van der Waals surface area contributed by atoms with Crippen molar-refractivity contribution >= 4 is 43.5 Å². The van der Waals surface area contributed by atoms with Gasteiger partial charge in [0.1, 0.15) is 18.4 Å². The van der Waals surface area contributed by atoms with Crippen molar-refractivity contribution in [3.05, 3.63) is 94.7 Å². The van der Waals surface area contributed by atoms with E-state index in [9.17, 15) is 22.4 Å². The van der Waals surface area contributed by atoms with E-state index >= 15 is 0 Å². The van der Waals surface area contributed by atoms with Gasteiger partial charge in [0.2, 0.25) is 11.8 Å². The third-order valence-corrected chi connectivity index (χ3v) is 9.18. The van der Waals surface area contributed by atoms with Crippen LogP contribution >= 0.6 is 15.9 Å². The molecule has 0 radical (unpaired) electrons. The highest BCUT2D eigenvalue weighted by Gasteiger charge is 2.33. The molecule has 1 fully saturated rings. The lowest BCUT2D eigenvalue weighted by atomic mass is 10.1. The number of sulfonamides is 1. The molecular weight excluding hydrogens is 585 g/mol. The van der Waals surface area contributed by atoms with Gasteiger partial charge in [0.05, 0.1) is 10.6 Å². The Hall–Kier alpha value is -3.24. The topological polar surface area (TPSA) is 86.8 Å². The second-order valence-corrected chi connectivity index (χ2v) is 12.4. The summed E-state index contributed by atoms with van der Waals surface area (Å²) in [7, 11) is -4.18. The normalized spacial score (nSPS) is 14.5. The Morgan fingerprint density at radius 1 is 0.974 bits per heavy atom. The largest absolute Gasteiger partial charge is 0.352 e. The number of hydrogen-bond donors (Lipinski definition) is 1. The maximum atomic E-state index is 13.9. The van der Waals surface area contributed by atoms with E-state index in [2.05, 4.69) is 21.2 Å². The summed E-state index contributed by atoms with van der Waals surface area (Å²) in [6.45, 7) is 1.18. The summed E-state index contributed by atoms with van der Waals surface area (Å²) >= 11 is 3.40. The van der Waals surface area contributed by atoms with Crippen LogP contribution in [0.3, 0.4) is 0 Å².